The number of H-pyrrole nitrogens is 1. The standard InChI is InChI=1S/C10H13N5O/c1-16-7-4-2-3-6(5-7)8(11)9-13-10(12)15-14-9/h2-5,8H,11H2,1H3,(H3,12,13,14,15). The van der Waals surface area contributed by atoms with Crippen LogP contribution in [0.1, 0.15) is 17.4 Å². The minimum absolute atomic E-state index is 0.188. The van der Waals surface area contributed by atoms with E-state index < -0.39 is 0 Å². The second-order valence-corrected chi connectivity index (χ2v) is 3.33. The van der Waals surface area contributed by atoms with Crippen molar-refractivity contribution in [1.29, 1.82) is 0 Å². The van der Waals surface area contributed by atoms with Crippen molar-refractivity contribution in [3.63, 3.8) is 0 Å². The van der Waals surface area contributed by atoms with Gasteiger partial charge in [-0.15, -0.1) is 5.10 Å². The Bertz CT molecular complexity index is 482. The predicted molar refractivity (Wildman–Crippen MR) is 59.8 cm³/mol. The van der Waals surface area contributed by atoms with E-state index in [4.69, 9.17) is 16.2 Å². The molecule has 0 spiro atoms. The molecule has 1 aromatic heterocycles. The predicted octanol–water partition coefficient (Wildman–Crippen LogP) is 0.444. The molecule has 84 valence electrons. The second kappa shape index (κ2) is 4.19. The van der Waals surface area contributed by atoms with Crippen LogP contribution < -0.4 is 16.2 Å². The third-order valence-corrected chi connectivity index (χ3v) is 2.27. The Labute approximate surface area is 92.6 Å². The largest absolute Gasteiger partial charge is 0.497 e. The van der Waals surface area contributed by atoms with Gasteiger partial charge in [0.1, 0.15) is 11.6 Å². The van der Waals surface area contributed by atoms with Gasteiger partial charge in [-0.05, 0) is 17.7 Å². The maximum Gasteiger partial charge on any atom is 0.239 e. The van der Waals surface area contributed by atoms with Crippen molar-refractivity contribution in [2.24, 2.45) is 5.73 Å². The fourth-order valence-electron chi connectivity index (χ4n) is 1.42. The number of ether oxygens (including phenoxy) is 1. The molecular weight excluding hydrogens is 206 g/mol. The van der Waals surface area contributed by atoms with Crippen LogP contribution in [0.5, 0.6) is 5.75 Å². The highest BCUT2D eigenvalue weighted by Gasteiger charge is 2.13. The van der Waals surface area contributed by atoms with Gasteiger partial charge in [-0.1, -0.05) is 12.1 Å². The first-order valence-corrected chi connectivity index (χ1v) is 4.78. The molecule has 0 saturated heterocycles. The zero-order valence-corrected chi connectivity index (χ0v) is 8.84. The first kappa shape index (κ1) is 10.4. The summed E-state index contributed by atoms with van der Waals surface area (Å²) in [7, 11) is 1.61. The number of methoxy groups -OCH3 is 1. The zero-order chi connectivity index (χ0) is 11.5. The monoisotopic (exact) mass is 219 g/mol. The summed E-state index contributed by atoms with van der Waals surface area (Å²) in [6.45, 7) is 0. The summed E-state index contributed by atoms with van der Waals surface area (Å²) < 4.78 is 5.12. The van der Waals surface area contributed by atoms with E-state index in [1.54, 1.807) is 7.11 Å². The molecule has 0 saturated carbocycles. The topological polar surface area (TPSA) is 103 Å². The maximum atomic E-state index is 6.01. The smallest absolute Gasteiger partial charge is 0.239 e. The Hall–Kier alpha value is -2.08. The van der Waals surface area contributed by atoms with Gasteiger partial charge in [0, 0.05) is 0 Å². The highest BCUT2D eigenvalue weighted by Crippen LogP contribution is 2.20. The van der Waals surface area contributed by atoms with Crippen LogP contribution in [0.3, 0.4) is 0 Å². The van der Waals surface area contributed by atoms with E-state index in [9.17, 15) is 0 Å². The van der Waals surface area contributed by atoms with Crippen LogP contribution in [-0.2, 0) is 0 Å². The average Bonchev–Trinajstić information content (AvgIpc) is 2.75. The Balaban J connectivity index is 2.29. The molecule has 0 aliphatic rings. The quantitative estimate of drug-likeness (QED) is 0.695. The van der Waals surface area contributed by atoms with Gasteiger partial charge < -0.3 is 16.2 Å². The summed E-state index contributed by atoms with van der Waals surface area (Å²) in [5, 5.41) is 6.43. The summed E-state index contributed by atoms with van der Waals surface area (Å²) in [4.78, 5) is 3.99. The number of nitrogens with two attached hydrogens (primary N) is 2. The van der Waals surface area contributed by atoms with Crippen molar-refractivity contribution < 1.29 is 4.74 Å². The number of aromatic nitrogens is 3. The van der Waals surface area contributed by atoms with Gasteiger partial charge in [0.25, 0.3) is 0 Å². The fourth-order valence-corrected chi connectivity index (χ4v) is 1.42. The first-order valence-electron chi connectivity index (χ1n) is 4.78. The minimum atomic E-state index is -0.389. The second-order valence-electron chi connectivity index (χ2n) is 3.33. The molecule has 1 unspecified atom stereocenters. The number of nitrogens with one attached hydrogen (secondary N) is 1. The van der Waals surface area contributed by atoms with Crippen molar-refractivity contribution >= 4 is 5.95 Å². The highest BCUT2D eigenvalue weighted by atomic mass is 16.5. The van der Waals surface area contributed by atoms with Gasteiger partial charge >= 0.3 is 0 Å². The van der Waals surface area contributed by atoms with Crippen LogP contribution in [0.2, 0.25) is 0 Å². The van der Waals surface area contributed by atoms with E-state index in [-0.39, 0.29) is 12.0 Å². The van der Waals surface area contributed by atoms with E-state index in [1.165, 1.54) is 0 Å². The molecule has 1 heterocycles. The van der Waals surface area contributed by atoms with Gasteiger partial charge in [0.15, 0.2) is 0 Å². The number of aromatic amines is 1. The lowest BCUT2D eigenvalue weighted by Gasteiger charge is -2.09. The lowest BCUT2D eigenvalue weighted by molar-refractivity contribution is 0.414. The molecule has 0 radical (unpaired) electrons. The number of rotatable bonds is 3. The number of benzene rings is 1. The summed E-state index contributed by atoms with van der Waals surface area (Å²) in [5.74, 6) is 1.47. The molecule has 5 N–H and O–H groups in total. The molecule has 0 aliphatic carbocycles. The molecule has 16 heavy (non-hydrogen) atoms. The Morgan fingerprint density at radius 3 is 2.88 bits per heavy atom. The molecule has 0 amide bonds. The Kier molecular flexibility index (Phi) is 2.74. The van der Waals surface area contributed by atoms with Gasteiger partial charge in [-0.25, -0.2) is 0 Å². The van der Waals surface area contributed by atoms with Crippen molar-refractivity contribution in [2.45, 2.75) is 6.04 Å². The number of hydrogen-bond acceptors (Lipinski definition) is 5. The average molecular weight is 219 g/mol. The van der Waals surface area contributed by atoms with E-state index in [0.717, 1.165) is 11.3 Å². The number of nitrogen functional groups attached to an aromatic ring is 1. The highest BCUT2D eigenvalue weighted by molar-refractivity contribution is 5.33. The molecule has 1 aromatic carbocycles. The third-order valence-electron chi connectivity index (χ3n) is 2.27. The lowest BCUT2D eigenvalue weighted by atomic mass is 10.1. The van der Waals surface area contributed by atoms with Crippen LogP contribution >= 0.6 is 0 Å². The first-order chi connectivity index (χ1) is 7.70. The normalized spacial score (nSPS) is 12.4. The zero-order valence-electron chi connectivity index (χ0n) is 8.84. The van der Waals surface area contributed by atoms with Crippen LogP contribution in [-0.4, -0.2) is 22.3 Å². The molecule has 6 heteroatoms. The Morgan fingerprint density at radius 2 is 2.25 bits per heavy atom. The van der Waals surface area contributed by atoms with Crippen LogP contribution in [0.4, 0.5) is 5.95 Å². The summed E-state index contributed by atoms with van der Waals surface area (Å²) in [6, 6.07) is 7.08. The minimum Gasteiger partial charge on any atom is -0.497 e. The molecule has 0 fully saturated rings. The molecule has 6 nitrogen and oxygen atoms in total. The lowest BCUT2D eigenvalue weighted by Crippen LogP contribution is -2.13. The van der Waals surface area contributed by atoms with Crippen molar-refractivity contribution in [1.82, 2.24) is 15.2 Å². The maximum absolute atomic E-state index is 6.01. The summed E-state index contributed by atoms with van der Waals surface area (Å²) >= 11 is 0. The summed E-state index contributed by atoms with van der Waals surface area (Å²) in [6.07, 6.45) is 0. The third kappa shape index (κ3) is 1.96. The van der Waals surface area contributed by atoms with E-state index in [2.05, 4.69) is 15.2 Å². The van der Waals surface area contributed by atoms with Crippen molar-refractivity contribution in [3.8, 4) is 5.75 Å². The van der Waals surface area contributed by atoms with Gasteiger partial charge in [0.05, 0.1) is 13.2 Å². The van der Waals surface area contributed by atoms with Crippen molar-refractivity contribution in [3.05, 3.63) is 35.7 Å². The molecule has 2 rings (SSSR count). The SMILES string of the molecule is COc1cccc(C(N)c2nc(N)n[nH]2)c1. The van der Waals surface area contributed by atoms with Crippen LogP contribution in [0, 0.1) is 0 Å². The Morgan fingerprint density at radius 1 is 1.44 bits per heavy atom. The van der Waals surface area contributed by atoms with Crippen LogP contribution in [0.25, 0.3) is 0 Å². The van der Waals surface area contributed by atoms with E-state index >= 15 is 0 Å². The van der Waals surface area contributed by atoms with Crippen molar-refractivity contribution in [2.75, 3.05) is 12.8 Å². The molecule has 1 atom stereocenters. The van der Waals surface area contributed by atoms with Crippen LogP contribution in [0.15, 0.2) is 24.3 Å². The summed E-state index contributed by atoms with van der Waals surface area (Å²) in [5.41, 5.74) is 12.3. The molecule has 0 aliphatic heterocycles. The molecule has 2 aromatic rings. The van der Waals surface area contributed by atoms with Gasteiger partial charge in [-0.3, -0.25) is 5.10 Å². The number of nitrogens with zero attached hydrogens (tertiary/aromatic N) is 2. The fraction of sp³-hybridized carbons (Fsp3) is 0.200. The number of anilines is 1. The van der Waals surface area contributed by atoms with E-state index in [0.29, 0.717) is 5.82 Å². The molecule has 0 bridgehead atoms. The molecular formula is C10H13N5O. The van der Waals surface area contributed by atoms with Gasteiger partial charge in [0.2, 0.25) is 5.95 Å². The number of hydrogen-bond donors (Lipinski definition) is 3. The van der Waals surface area contributed by atoms with Gasteiger partial charge in [-0.2, -0.15) is 4.98 Å². The van der Waals surface area contributed by atoms with E-state index in [1.807, 2.05) is 24.3 Å².